The lowest BCUT2D eigenvalue weighted by molar-refractivity contribution is 0.669. The van der Waals surface area contributed by atoms with Crippen molar-refractivity contribution < 1.29 is 4.42 Å². The van der Waals surface area contributed by atoms with Gasteiger partial charge in [-0.25, -0.2) is 15.0 Å². The molecule has 0 radical (unpaired) electrons. The van der Waals surface area contributed by atoms with E-state index in [0.29, 0.717) is 5.82 Å². The van der Waals surface area contributed by atoms with E-state index in [4.69, 9.17) is 19.4 Å². The van der Waals surface area contributed by atoms with Crippen LogP contribution in [0.15, 0.2) is 253 Å². The fourth-order valence-electron chi connectivity index (χ4n) is 9.89. The molecule has 0 aliphatic rings. The van der Waals surface area contributed by atoms with Gasteiger partial charge in [0.05, 0.1) is 22.6 Å². The molecular weight excluding hydrogens is 839 g/mol. The van der Waals surface area contributed by atoms with Crippen LogP contribution in [0.2, 0.25) is 0 Å². The molecule has 4 heteroatoms. The van der Waals surface area contributed by atoms with E-state index in [2.05, 4.69) is 224 Å². The van der Waals surface area contributed by atoms with E-state index in [1.54, 1.807) is 0 Å². The number of benzene rings is 10. The van der Waals surface area contributed by atoms with Gasteiger partial charge >= 0.3 is 0 Å². The number of hydrogen-bond donors (Lipinski definition) is 0. The Morgan fingerprint density at radius 1 is 0.261 bits per heavy atom. The minimum atomic E-state index is 0.668. The Balaban J connectivity index is 0.928. The summed E-state index contributed by atoms with van der Waals surface area (Å²) >= 11 is 0. The summed E-state index contributed by atoms with van der Waals surface area (Å²) in [6.45, 7) is 0. The zero-order valence-electron chi connectivity index (χ0n) is 37.4. The predicted octanol–water partition coefficient (Wildman–Crippen LogP) is 17.4. The minimum Gasteiger partial charge on any atom is -0.456 e. The molecule has 0 saturated carbocycles. The van der Waals surface area contributed by atoms with Crippen LogP contribution in [-0.2, 0) is 0 Å². The van der Waals surface area contributed by atoms with E-state index in [0.717, 1.165) is 116 Å². The summed E-state index contributed by atoms with van der Waals surface area (Å²) in [6.07, 6.45) is 0. The average molecular weight is 880 g/mol. The molecule has 0 bridgehead atoms. The first-order chi connectivity index (χ1) is 34.2. The highest BCUT2D eigenvalue weighted by Crippen LogP contribution is 2.47. The van der Waals surface area contributed by atoms with Crippen LogP contribution in [0.1, 0.15) is 0 Å². The molecular formula is C65H41N3O. The van der Waals surface area contributed by atoms with Crippen LogP contribution in [0.4, 0.5) is 0 Å². The maximum Gasteiger partial charge on any atom is 0.160 e. The second kappa shape index (κ2) is 16.9. The third-order valence-corrected chi connectivity index (χ3v) is 13.3. The van der Waals surface area contributed by atoms with Crippen LogP contribution >= 0.6 is 0 Å². The molecule has 4 nitrogen and oxygen atoms in total. The average Bonchev–Trinajstić information content (AvgIpc) is 3.81. The summed E-state index contributed by atoms with van der Waals surface area (Å²) in [5, 5.41) is 5.49. The molecule has 322 valence electrons. The van der Waals surface area contributed by atoms with Gasteiger partial charge in [-0.3, -0.25) is 0 Å². The van der Waals surface area contributed by atoms with Crippen molar-refractivity contribution in [2.45, 2.75) is 0 Å². The van der Waals surface area contributed by atoms with Gasteiger partial charge in [0.1, 0.15) is 11.2 Å². The van der Waals surface area contributed by atoms with Crippen molar-refractivity contribution in [1.29, 1.82) is 0 Å². The van der Waals surface area contributed by atoms with Crippen molar-refractivity contribution in [3.63, 3.8) is 0 Å². The molecule has 0 saturated heterocycles. The Bertz CT molecular complexity index is 3910. The van der Waals surface area contributed by atoms with Crippen LogP contribution in [0, 0.1) is 0 Å². The van der Waals surface area contributed by atoms with E-state index in [1.807, 2.05) is 24.3 Å². The normalized spacial score (nSPS) is 11.5. The van der Waals surface area contributed by atoms with Gasteiger partial charge in [-0.05, 0) is 69.3 Å². The summed E-state index contributed by atoms with van der Waals surface area (Å²) < 4.78 is 6.68. The quantitative estimate of drug-likeness (QED) is 0.143. The van der Waals surface area contributed by atoms with Crippen molar-refractivity contribution >= 4 is 43.6 Å². The lowest BCUT2D eigenvalue weighted by Crippen LogP contribution is -1.96. The first-order valence-electron chi connectivity index (χ1n) is 23.3. The molecule has 13 aromatic rings. The van der Waals surface area contributed by atoms with E-state index in [9.17, 15) is 0 Å². The minimum absolute atomic E-state index is 0.668. The van der Waals surface area contributed by atoms with Crippen molar-refractivity contribution in [3.05, 3.63) is 249 Å². The fourth-order valence-corrected chi connectivity index (χ4v) is 9.89. The molecule has 0 spiro atoms. The zero-order chi connectivity index (χ0) is 45.7. The fraction of sp³-hybridized carbons (Fsp3) is 0. The van der Waals surface area contributed by atoms with Crippen molar-refractivity contribution in [3.8, 4) is 89.7 Å². The van der Waals surface area contributed by atoms with E-state index in [1.165, 1.54) is 11.1 Å². The van der Waals surface area contributed by atoms with Gasteiger partial charge in [0.15, 0.2) is 5.82 Å². The maximum atomic E-state index is 6.68. The first-order valence-corrected chi connectivity index (χ1v) is 23.3. The molecule has 10 aromatic carbocycles. The third kappa shape index (κ3) is 7.32. The van der Waals surface area contributed by atoms with Crippen LogP contribution in [0.3, 0.4) is 0 Å². The Morgan fingerprint density at radius 3 is 1.35 bits per heavy atom. The van der Waals surface area contributed by atoms with Crippen molar-refractivity contribution in [2.75, 3.05) is 0 Å². The summed E-state index contributed by atoms with van der Waals surface area (Å²) in [5.74, 6) is 0.668. The lowest BCUT2D eigenvalue weighted by Gasteiger charge is -2.16. The van der Waals surface area contributed by atoms with Crippen LogP contribution in [-0.4, -0.2) is 15.0 Å². The molecule has 0 unspecified atom stereocenters. The van der Waals surface area contributed by atoms with Crippen LogP contribution < -0.4 is 0 Å². The molecule has 0 atom stereocenters. The Kier molecular flexibility index (Phi) is 9.80. The highest BCUT2D eigenvalue weighted by molar-refractivity contribution is 6.27. The number of pyridine rings is 1. The van der Waals surface area contributed by atoms with Crippen molar-refractivity contribution in [1.82, 2.24) is 15.0 Å². The Morgan fingerprint density at radius 2 is 0.725 bits per heavy atom. The van der Waals surface area contributed by atoms with E-state index in [-0.39, 0.29) is 0 Å². The van der Waals surface area contributed by atoms with Gasteiger partial charge in [0.25, 0.3) is 0 Å². The summed E-state index contributed by atoms with van der Waals surface area (Å²) in [7, 11) is 0. The molecule has 3 aromatic heterocycles. The second-order valence-electron chi connectivity index (χ2n) is 17.5. The lowest BCUT2D eigenvalue weighted by atomic mass is 9.88. The molecule has 0 aliphatic carbocycles. The van der Waals surface area contributed by atoms with Gasteiger partial charge in [-0.2, -0.15) is 0 Å². The SMILES string of the molecule is c1ccc(-c2ccc(-c3cc(-c4ccc(-c5ccccc5)cc4)nc(-c4ccc(-c5cccc(-c6c7c(cc8c(-c9ccccc9)nc9ccccc9c68)oc6ccccc67)c5)cc4)n3)cc2)cc1. The van der Waals surface area contributed by atoms with Gasteiger partial charge in [-0.15, -0.1) is 0 Å². The van der Waals surface area contributed by atoms with Crippen LogP contribution in [0.25, 0.3) is 133 Å². The standard InChI is InChI=1S/C65H41N3O/c1-4-15-42(16-5-1)44-27-33-47(34-28-44)57-41-58(48-35-29-45(30-36-48)43-17-6-2-7-18-43)68-65(67-57)50-37-31-46(32-38-50)51-21-14-22-52(39-51)61-62-53-23-10-12-25-56(53)66-64(49-19-8-3-9-20-49)55(62)40-60-63(61)54-24-11-13-26-59(54)69-60/h1-41H. The highest BCUT2D eigenvalue weighted by Gasteiger charge is 2.22. The number of fused-ring (bicyclic) bond motifs is 6. The topological polar surface area (TPSA) is 51.8 Å². The second-order valence-corrected chi connectivity index (χ2v) is 17.5. The Hall–Kier alpha value is -9.25. The molecule has 69 heavy (non-hydrogen) atoms. The summed E-state index contributed by atoms with van der Waals surface area (Å²) in [6, 6.07) is 87.4. The zero-order valence-corrected chi connectivity index (χ0v) is 37.4. The third-order valence-electron chi connectivity index (χ3n) is 13.3. The molecule has 13 rings (SSSR count). The highest BCUT2D eigenvalue weighted by atomic mass is 16.3. The Labute approximate surface area is 399 Å². The number of para-hydroxylation sites is 2. The largest absolute Gasteiger partial charge is 0.456 e. The monoisotopic (exact) mass is 879 g/mol. The van der Waals surface area contributed by atoms with Gasteiger partial charge in [0.2, 0.25) is 0 Å². The van der Waals surface area contributed by atoms with Gasteiger partial charge < -0.3 is 4.42 Å². The van der Waals surface area contributed by atoms with Gasteiger partial charge in [-0.1, -0.05) is 218 Å². The predicted molar refractivity (Wildman–Crippen MR) is 286 cm³/mol. The summed E-state index contributed by atoms with van der Waals surface area (Å²) in [4.78, 5) is 15.7. The number of aromatic nitrogens is 3. The molecule has 0 amide bonds. The summed E-state index contributed by atoms with van der Waals surface area (Å²) in [5.41, 5.74) is 18.5. The molecule has 0 aliphatic heterocycles. The van der Waals surface area contributed by atoms with E-state index >= 15 is 0 Å². The number of nitrogens with zero attached hydrogens (tertiary/aromatic N) is 3. The smallest absolute Gasteiger partial charge is 0.160 e. The molecule has 0 N–H and O–H groups in total. The number of hydrogen-bond acceptors (Lipinski definition) is 4. The van der Waals surface area contributed by atoms with Crippen molar-refractivity contribution in [2.24, 2.45) is 0 Å². The van der Waals surface area contributed by atoms with Crippen LogP contribution in [0.5, 0.6) is 0 Å². The number of furan rings is 1. The number of rotatable bonds is 8. The maximum absolute atomic E-state index is 6.68. The molecule has 0 fully saturated rings. The van der Waals surface area contributed by atoms with Gasteiger partial charge in [0, 0.05) is 54.7 Å². The first kappa shape index (κ1) is 40.1. The van der Waals surface area contributed by atoms with E-state index < -0.39 is 0 Å². The molecule has 3 heterocycles.